The lowest BCUT2D eigenvalue weighted by atomic mass is 10.2. The van der Waals surface area contributed by atoms with Gasteiger partial charge in [0, 0.05) is 7.97 Å². The Balaban J connectivity index is 0. The second-order valence-corrected chi connectivity index (χ2v) is 2.25. The predicted octanol–water partition coefficient (Wildman–Crippen LogP) is 2.27. The molecule has 0 aromatic carbocycles. The Morgan fingerprint density at radius 1 is 1.70 bits per heavy atom. The first kappa shape index (κ1) is 9.18. The lowest BCUT2D eigenvalue weighted by Crippen LogP contribution is -1.99. The van der Waals surface area contributed by atoms with E-state index in [0.717, 1.165) is 5.57 Å². The molecule has 58 valence electrons. The van der Waals surface area contributed by atoms with Crippen LogP contribution in [0.1, 0.15) is 15.3 Å². The van der Waals surface area contributed by atoms with Gasteiger partial charge in [-0.15, -0.1) is 0 Å². The Morgan fingerprint density at radius 3 is 2.70 bits per heavy atom. The maximum absolute atomic E-state index is 5.35. The van der Waals surface area contributed by atoms with Crippen molar-refractivity contribution in [2.45, 2.75) is 13.8 Å². The molecule has 0 aliphatic rings. The summed E-state index contributed by atoms with van der Waals surface area (Å²) in [4.78, 5) is 0. The Labute approximate surface area is 64.4 Å². The summed E-state index contributed by atoms with van der Waals surface area (Å²) in [5, 5.41) is 0. The van der Waals surface area contributed by atoms with Crippen LogP contribution >= 0.6 is 0 Å². The molecule has 0 aliphatic carbocycles. The Kier molecular flexibility index (Phi) is 4.59. The molecule has 0 saturated heterocycles. The Morgan fingerprint density at radius 2 is 2.30 bits per heavy atom. The molecule has 0 aromatic heterocycles. The number of allylic oxidation sites excluding steroid dienone is 3. The van der Waals surface area contributed by atoms with Gasteiger partial charge in [0.1, 0.15) is 0 Å². The molecule has 0 unspecified atom stereocenters. The maximum atomic E-state index is 5.35. The van der Waals surface area contributed by atoms with E-state index < -0.39 is 0 Å². The summed E-state index contributed by atoms with van der Waals surface area (Å²) >= 11 is 0. The molecule has 0 amide bonds. The van der Waals surface area contributed by atoms with Crippen molar-refractivity contribution >= 4 is 0 Å². The monoisotopic (exact) mass is 139 g/mol. The van der Waals surface area contributed by atoms with Crippen LogP contribution in [0.25, 0.3) is 0 Å². The van der Waals surface area contributed by atoms with Gasteiger partial charge in [-0.25, -0.2) is 0 Å². The summed E-state index contributed by atoms with van der Waals surface area (Å²) in [6.07, 6.45) is 6.01. The van der Waals surface area contributed by atoms with Crippen LogP contribution < -0.4 is 5.73 Å². The third-order valence-electron chi connectivity index (χ3n) is 1.12. The third-order valence-corrected chi connectivity index (χ3v) is 1.12. The minimum Gasteiger partial charge on any atom is -0.327 e. The maximum Gasteiger partial charge on any atom is 0.0172 e. The zero-order valence-corrected chi connectivity index (χ0v) is 6.72. The van der Waals surface area contributed by atoms with Crippen LogP contribution in [-0.2, 0) is 0 Å². The van der Waals surface area contributed by atoms with E-state index in [9.17, 15) is 0 Å². The lowest BCUT2D eigenvalue weighted by molar-refractivity contribution is 1.19. The molecule has 0 saturated carbocycles. The average Bonchev–Trinajstić information content (AvgIpc) is 1.88. The molecule has 0 bridgehead atoms. The van der Waals surface area contributed by atoms with Crippen LogP contribution in [0.3, 0.4) is 0 Å². The van der Waals surface area contributed by atoms with Gasteiger partial charge in [-0.3, -0.25) is 0 Å². The second-order valence-electron chi connectivity index (χ2n) is 2.25. The van der Waals surface area contributed by atoms with Crippen LogP contribution in [0.15, 0.2) is 36.0 Å². The molecule has 1 nitrogen and oxygen atoms in total. The molecule has 2 N–H and O–H groups in total. The summed E-state index contributed by atoms with van der Waals surface area (Å²) < 4.78 is 0. The van der Waals surface area contributed by atoms with E-state index in [1.807, 2.05) is 32.1 Å². The molecule has 0 aromatic rings. The van der Waals surface area contributed by atoms with Crippen LogP contribution in [-0.4, -0.2) is 6.54 Å². The first-order valence-corrected chi connectivity index (χ1v) is 3.39. The summed E-state index contributed by atoms with van der Waals surface area (Å²) in [6, 6.07) is 0. The fourth-order valence-corrected chi connectivity index (χ4v) is 0.692. The van der Waals surface area contributed by atoms with Crippen LogP contribution in [0.4, 0.5) is 0 Å². The van der Waals surface area contributed by atoms with E-state index >= 15 is 0 Å². The van der Waals surface area contributed by atoms with Gasteiger partial charge < -0.3 is 5.73 Å². The molecule has 0 fully saturated rings. The predicted molar refractivity (Wildman–Crippen MR) is 48.9 cm³/mol. The van der Waals surface area contributed by atoms with Crippen molar-refractivity contribution in [1.82, 2.24) is 0 Å². The molecule has 0 rings (SSSR count). The van der Waals surface area contributed by atoms with Crippen molar-refractivity contribution in [3.63, 3.8) is 0 Å². The van der Waals surface area contributed by atoms with E-state index in [4.69, 9.17) is 5.73 Å². The molecular formula is C9H17N. The highest BCUT2D eigenvalue weighted by Crippen LogP contribution is 1.99. The average molecular weight is 139 g/mol. The Hall–Kier alpha value is -0.820. The summed E-state index contributed by atoms with van der Waals surface area (Å²) in [6.45, 7) is 8.31. The molecule has 0 radical (unpaired) electrons. The zero-order valence-electron chi connectivity index (χ0n) is 6.72. The summed E-state index contributed by atoms with van der Waals surface area (Å²) in [5.41, 5.74) is 7.51. The van der Waals surface area contributed by atoms with Gasteiger partial charge >= 0.3 is 0 Å². The normalized spacial score (nSPS) is 12.5. The minimum atomic E-state index is 0. The SMILES string of the molecule is C=C(/C=C(C)/C=C\C)CN.[HH]. The van der Waals surface area contributed by atoms with Gasteiger partial charge in [-0.05, 0) is 19.4 Å². The zero-order chi connectivity index (χ0) is 7.98. The second kappa shape index (κ2) is 5.00. The molecule has 0 atom stereocenters. The fraction of sp³-hybridized carbons (Fsp3) is 0.333. The van der Waals surface area contributed by atoms with Crippen molar-refractivity contribution in [3.05, 3.63) is 36.0 Å². The van der Waals surface area contributed by atoms with Gasteiger partial charge in [0.05, 0.1) is 0 Å². The summed E-state index contributed by atoms with van der Waals surface area (Å²) in [7, 11) is 0. The highest BCUT2D eigenvalue weighted by Gasteiger charge is 1.83. The number of hydrogen-bond acceptors (Lipinski definition) is 1. The largest absolute Gasteiger partial charge is 0.327 e. The molecule has 1 heteroatoms. The standard InChI is InChI=1S/C9H15N.H2/c1-4-5-8(2)6-9(3)7-10;/h4-6H,3,7,10H2,1-2H3;1H/b5-4-,8-6+;. The molecule has 0 spiro atoms. The number of nitrogens with two attached hydrogens (primary N) is 1. The van der Waals surface area contributed by atoms with Crippen molar-refractivity contribution in [1.29, 1.82) is 0 Å². The third kappa shape index (κ3) is 4.10. The van der Waals surface area contributed by atoms with E-state index in [-0.39, 0.29) is 1.43 Å². The molecular weight excluding hydrogens is 122 g/mol. The Bertz CT molecular complexity index is 168. The van der Waals surface area contributed by atoms with Gasteiger partial charge in [0.15, 0.2) is 0 Å². The first-order valence-electron chi connectivity index (χ1n) is 3.39. The smallest absolute Gasteiger partial charge is 0.0172 e. The van der Waals surface area contributed by atoms with Crippen molar-refractivity contribution < 1.29 is 1.43 Å². The van der Waals surface area contributed by atoms with Gasteiger partial charge in [-0.1, -0.05) is 30.4 Å². The van der Waals surface area contributed by atoms with Gasteiger partial charge in [-0.2, -0.15) is 0 Å². The first-order chi connectivity index (χ1) is 4.70. The quantitative estimate of drug-likeness (QED) is 0.596. The van der Waals surface area contributed by atoms with Crippen LogP contribution in [0, 0.1) is 0 Å². The highest BCUT2D eigenvalue weighted by atomic mass is 14.5. The number of rotatable bonds is 3. The van der Waals surface area contributed by atoms with Crippen LogP contribution in [0.5, 0.6) is 0 Å². The summed E-state index contributed by atoms with van der Waals surface area (Å²) in [5.74, 6) is 0. The van der Waals surface area contributed by atoms with E-state index in [1.165, 1.54) is 5.57 Å². The molecule has 0 heterocycles. The van der Waals surface area contributed by atoms with Gasteiger partial charge in [0.2, 0.25) is 0 Å². The fourth-order valence-electron chi connectivity index (χ4n) is 0.692. The van der Waals surface area contributed by atoms with E-state index in [0.29, 0.717) is 6.54 Å². The van der Waals surface area contributed by atoms with Crippen LogP contribution in [0.2, 0.25) is 0 Å². The van der Waals surface area contributed by atoms with Crippen molar-refractivity contribution in [2.24, 2.45) is 5.73 Å². The van der Waals surface area contributed by atoms with Gasteiger partial charge in [0.25, 0.3) is 0 Å². The van der Waals surface area contributed by atoms with Crippen molar-refractivity contribution in [2.75, 3.05) is 6.54 Å². The molecule has 10 heavy (non-hydrogen) atoms. The molecule has 0 aliphatic heterocycles. The van der Waals surface area contributed by atoms with E-state index in [1.54, 1.807) is 0 Å². The number of hydrogen-bond donors (Lipinski definition) is 1. The lowest BCUT2D eigenvalue weighted by Gasteiger charge is -1.93. The highest BCUT2D eigenvalue weighted by molar-refractivity contribution is 5.27. The topological polar surface area (TPSA) is 26.0 Å². The minimum absolute atomic E-state index is 0. The van der Waals surface area contributed by atoms with E-state index in [2.05, 4.69) is 6.58 Å². The van der Waals surface area contributed by atoms with Crippen molar-refractivity contribution in [3.8, 4) is 0 Å².